The smallest absolute Gasteiger partial charge is 0.376 e. The van der Waals surface area contributed by atoms with Crippen LogP contribution in [0, 0.1) is 0 Å². The van der Waals surface area contributed by atoms with Gasteiger partial charge < -0.3 is 4.74 Å². The van der Waals surface area contributed by atoms with Gasteiger partial charge in [-0.1, -0.05) is 82.9 Å². The Morgan fingerprint density at radius 1 is 0.913 bits per heavy atom. The van der Waals surface area contributed by atoms with Crippen LogP contribution in [0.4, 0.5) is 0 Å². The van der Waals surface area contributed by atoms with Crippen LogP contribution >= 0.6 is 0 Å². The minimum Gasteiger partial charge on any atom is -0.421 e. The summed E-state index contributed by atoms with van der Waals surface area (Å²) in [4.78, 5) is 21.5. The predicted molar refractivity (Wildman–Crippen MR) is 93.7 cm³/mol. The van der Waals surface area contributed by atoms with E-state index in [4.69, 9.17) is 4.74 Å². The molecule has 0 aliphatic heterocycles. The second-order valence-electron chi connectivity index (χ2n) is 6.08. The van der Waals surface area contributed by atoms with Gasteiger partial charge in [0, 0.05) is 0 Å². The molecule has 0 unspecified atom stereocenters. The minimum absolute atomic E-state index is 0.206. The lowest BCUT2D eigenvalue weighted by Gasteiger charge is -2.08. The lowest BCUT2D eigenvalue weighted by Crippen LogP contribution is -2.10. The number of hydrogen-bond acceptors (Lipinski definition) is 3. The number of rotatable bonds is 13. The van der Waals surface area contributed by atoms with Gasteiger partial charge in [-0.05, 0) is 24.5 Å². The van der Waals surface area contributed by atoms with Crippen LogP contribution in [-0.4, -0.2) is 12.3 Å². The van der Waals surface area contributed by atoms with Crippen molar-refractivity contribution in [3.8, 4) is 5.75 Å². The standard InChI is InChI=1S/C20H30O3/c1-2-3-4-5-6-7-8-9-10-11-14-18-15-12-13-16-19(18)23-20(22)17-21/h12-13,15-17H,2-11,14H2,1H3. The van der Waals surface area contributed by atoms with Gasteiger partial charge in [0.25, 0.3) is 0 Å². The van der Waals surface area contributed by atoms with E-state index >= 15 is 0 Å². The fourth-order valence-corrected chi connectivity index (χ4v) is 2.75. The Labute approximate surface area is 140 Å². The Bertz CT molecular complexity index is 454. The summed E-state index contributed by atoms with van der Waals surface area (Å²) in [6, 6.07) is 7.45. The van der Waals surface area contributed by atoms with Crippen molar-refractivity contribution >= 4 is 12.3 Å². The maximum Gasteiger partial charge on any atom is 0.376 e. The fraction of sp³-hybridized carbons (Fsp3) is 0.600. The topological polar surface area (TPSA) is 43.4 Å². The van der Waals surface area contributed by atoms with Crippen LogP contribution in [-0.2, 0) is 16.0 Å². The molecular weight excluding hydrogens is 288 g/mol. The van der Waals surface area contributed by atoms with Gasteiger partial charge in [-0.3, -0.25) is 4.79 Å². The van der Waals surface area contributed by atoms with Crippen molar-refractivity contribution in [2.45, 2.75) is 77.6 Å². The van der Waals surface area contributed by atoms with E-state index in [1.165, 1.54) is 57.8 Å². The van der Waals surface area contributed by atoms with E-state index in [1.54, 1.807) is 6.07 Å². The first-order valence-corrected chi connectivity index (χ1v) is 9.02. The molecule has 0 heterocycles. The molecule has 0 radical (unpaired) electrons. The molecule has 3 heteroatoms. The number of carbonyl (C=O) groups is 2. The number of unbranched alkanes of at least 4 members (excludes halogenated alkanes) is 9. The molecule has 0 spiro atoms. The Morgan fingerprint density at radius 2 is 1.48 bits per heavy atom. The van der Waals surface area contributed by atoms with Crippen LogP contribution in [0.2, 0.25) is 0 Å². The summed E-state index contributed by atoms with van der Waals surface area (Å²) in [5, 5.41) is 0. The van der Waals surface area contributed by atoms with Crippen LogP contribution in [0.5, 0.6) is 5.75 Å². The number of ether oxygens (including phenoxy) is 1. The predicted octanol–water partition coefficient (Wildman–Crippen LogP) is 5.25. The quantitative estimate of drug-likeness (QED) is 0.164. The summed E-state index contributed by atoms with van der Waals surface area (Å²) in [7, 11) is 0. The molecule has 1 rings (SSSR count). The zero-order chi connectivity index (χ0) is 16.8. The first-order valence-electron chi connectivity index (χ1n) is 9.02. The van der Waals surface area contributed by atoms with Crippen molar-refractivity contribution in [1.29, 1.82) is 0 Å². The molecule has 0 atom stereocenters. The molecule has 0 N–H and O–H groups in total. The molecule has 128 valence electrons. The van der Waals surface area contributed by atoms with Crippen molar-refractivity contribution in [3.05, 3.63) is 29.8 Å². The number of esters is 1. The van der Waals surface area contributed by atoms with Crippen LogP contribution in [0.25, 0.3) is 0 Å². The molecule has 1 aromatic carbocycles. The average Bonchev–Trinajstić information content (AvgIpc) is 2.57. The summed E-state index contributed by atoms with van der Waals surface area (Å²) in [6.07, 6.45) is 14.1. The summed E-state index contributed by atoms with van der Waals surface area (Å²) in [5.41, 5.74) is 1.00. The average molecular weight is 318 g/mol. The molecule has 0 saturated heterocycles. The van der Waals surface area contributed by atoms with Crippen LogP contribution in [0.1, 0.15) is 76.7 Å². The van der Waals surface area contributed by atoms with Crippen LogP contribution in [0.3, 0.4) is 0 Å². The van der Waals surface area contributed by atoms with E-state index in [0.717, 1.165) is 18.4 Å². The number of aldehydes is 1. The van der Waals surface area contributed by atoms with Gasteiger partial charge in [0.1, 0.15) is 5.75 Å². The summed E-state index contributed by atoms with van der Waals surface area (Å²) in [5.74, 6) is -0.318. The maximum absolute atomic E-state index is 11.1. The molecule has 0 aliphatic carbocycles. The van der Waals surface area contributed by atoms with Gasteiger partial charge in [-0.15, -0.1) is 0 Å². The van der Waals surface area contributed by atoms with Crippen molar-refractivity contribution in [1.82, 2.24) is 0 Å². The Hall–Kier alpha value is -1.64. The van der Waals surface area contributed by atoms with E-state index in [0.29, 0.717) is 5.75 Å². The molecule has 23 heavy (non-hydrogen) atoms. The minimum atomic E-state index is -0.833. The van der Waals surface area contributed by atoms with Crippen molar-refractivity contribution in [3.63, 3.8) is 0 Å². The maximum atomic E-state index is 11.1. The molecule has 0 saturated carbocycles. The van der Waals surface area contributed by atoms with E-state index in [1.807, 2.05) is 18.2 Å². The molecular formula is C20H30O3. The Balaban J connectivity index is 2.14. The highest BCUT2D eigenvalue weighted by molar-refractivity contribution is 6.21. The number of benzene rings is 1. The summed E-state index contributed by atoms with van der Waals surface area (Å²) in [6.45, 7) is 2.25. The van der Waals surface area contributed by atoms with Crippen molar-refractivity contribution in [2.75, 3.05) is 0 Å². The fourth-order valence-electron chi connectivity index (χ4n) is 2.75. The number of hydrogen-bond donors (Lipinski definition) is 0. The van der Waals surface area contributed by atoms with Gasteiger partial charge in [0.15, 0.2) is 0 Å². The number of para-hydroxylation sites is 1. The highest BCUT2D eigenvalue weighted by atomic mass is 16.5. The first-order chi connectivity index (χ1) is 11.3. The molecule has 0 aliphatic rings. The third-order valence-electron chi connectivity index (χ3n) is 4.08. The highest BCUT2D eigenvalue weighted by Crippen LogP contribution is 2.21. The second kappa shape index (κ2) is 12.9. The van der Waals surface area contributed by atoms with Crippen molar-refractivity contribution in [2.24, 2.45) is 0 Å². The van der Waals surface area contributed by atoms with E-state index in [-0.39, 0.29) is 6.29 Å². The molecule has 0 aromatic heterocycles. The molecule has 3 nitrogen and oxygen atoms in total. The van der Waals surface area contributed by atoms with Crippen LogP contribution in [0.15, 0.2) is 24.3 Å². The van der Waals surface area contributed by atoms with Crippen LogP contribution < -0.4 is 4.74 Å². The third kappa shape index (κ3) is 9.17. The monoisotopic (exact) mass is 318 g/mol. The number of carbonyl (C=O) groups excluding carboxylic acids is 2. The second-order valence-corrected chi connectivity index (χ2v) is 6.08. The SMILES string of the molecule is CCCCCCCCCCCCc1ccccc1OC(=O)C=O. The Morgan fingerprint density at radius 3 is 2.09 bits per heavy atom. The van der Waals surface area contributed by atoms with Gasteiger partial charge in [-0.25, -0.2) is 4.79 Å². The first kappa shape index (κ1) is 19.4. The lowest BCUT2D eigenvalue weighted by atomic mass is 10.0. The van der Waals surface area contributed by atoms with Gasteiger partial charge in [0.05, 0.1) is 0 Å². The molecule has 0 amide bonds. The summed E-state index contributed by atoms with van der Waals surface area (Å²) < 4.78 is 5.03. The largest absolute Gasteiger partial charge is 0.421 e. The van der Waals surface area contributed by atoms with Crippen molar-refractivity contribution < 1.29 is 14.3 Å². The van der Waals surface area contributed by atoms with Gasteiger partial charge in [-0.2, -0.15) is 0 Å². The number of aryl methyl sites for hydroxylation is 1. The zero-order valence-corrected chi connectivity index (χ0v) is 14.4. The lowest BCUT2D eigenvalue weighted by molar-refractivity contribution is -0.141. The molecule has 1 aromatic rings. The zero-order valence-electron chi connectivity index (χ0n) is 14.4. The van der Waals surface area contributed by atoms with E-state index in [2.05, 4.69) is 6.92 Å². The Kier molecular flexibility index (Phi) is 10.9. The highest BCUT2D eigenvalue weighted by Gasteiger charge is 2.07. The normalized spacial score (nSPS) is 10.5. The summed E-state index contributed by atoms with van der Waals surface area (Å²) >= 11 is 0. The van der Waals surface area contributed by atoms with Gasteiger partial charge >= 0.3 is 5.97 Å². The van der Waals surface area contributed by atoms with Gasteiger partial charge in [0.2, 0.25) is 6.29 Å². The third-order valence-corrected chi connectivity index (χ3v) is 4.08. The molecule has 0 fully saturated rings. The van der Waals surface area contributed by atoms with E-state index < -0.39 is 5.97 Å². The molecule has 0 bridgehead atoms. The van der Waals surface area contributed by atoms with E-state index in [9.17, 15) is 9.59 Å².